The molecule has 4 nitrogen and oxygen atoms in total. The van der Waals surface area contributed by atoms with Crippen molar-refractivity contribution < 1.29 is 9.53 Å². The van der Waals surface area contributed by atoms with Crippen LogP contribution >= 0.6 is 27.3 Å². The summed E-state index contributed by atoms with van der Waals surface area (Å²) in [6.45, 7) is 2.26. The van der Waals surface area contributed by atoms with E-state index in [9.17, 15) is 4.79 Å². The summed E-state index contributed by atoms with van der Waals surface area (Å²) in [6.07, 6.45) is 3.24. The summed E-state index contributed by atoms with van der Waals surface area (Å²) in [4.78, 5) is 18.3. The van der Waals surface area contributed by atoms with Crippen molar-refractivity contribution in [2.45, 2.75) is 26.2 Å². The first-order valence-electron chi connectivity index (χ1n) is 7.20. The van der Waals surface area contributed by atoms with Gasteiger partial charge >= 0.3 is 0 Å². The van der Waals surface area contributed by atoms with Crippen LogP contribution < -0.4 is 10.1 Å². The number of amides is 1. The standard InChI is InChI=1S/C16H17BrN2O2S/c1-9-3-6-13-14(7-9)22-16(18-13)19-15(20)11-8-10(21-2)4-5-12(11)17/h4-5,8-9H,3,6-7H2,1-2H3,(H,18,19,20). The predicted molar refractivity (Wildman–Crippen MR) is 92.0 cm³/mol. The van der Waals surface area contributed by atoms with Crippen molar-refractivity contribution in [3.8, 4) is 5.75 Å². The quantitative estimate of drug-likeness (QED) is 0.863. The number of methoxy groups -OCH3 is 1. The molecule has 3 rings (SSSR count). The summed E-state index contributed by atoms with van der Waals surface area (Å²) in [6, 6.07) is 5.33. The van der Waals surface area contributed by atoms with Crippen LogP contribution in [0.3, 0.4) is 0 Å². The van der Waals surface area contributed by atoms with E-state index in [1.165, 1.54) is 11.3 Å². The van der Waals surface area contributed by atoms with E-state index in [1.54, 1.807) is 24.5 Å². The second kappa shape index (κ2) is 6.38. The third-order valence-corrected chi connectivity index (χ3v) is 5.55. The Morgan fingerprint density at radius 3 is 3.09 bits per heavy atom. The van der Waals surface area contributed by atoms with Crippen LogP contribution in [0.2, 0.25) is 0 Å². The highest BCUT2D eigenvalue weighted by atomic mass is 79.9. The molecule has 1 N–H and O–H groups in total. The Labute approximate surface area is 142 Å². The molecule has 1 atom stereocenters. The molecule has 0 spiro atoms. The summed E-state index contributed by atoms with van der Waals surface area (Å²) in [5.41, 5.74) is 1.68. The second-order valence-electron chi connectivity index (χ2n) is 5.54. The molecule has 0 radical (unpaired) electrons. The van der Waals surface area contributed by atoms with Crippen molar-refractivity contribution in [2.24, 2.45) is 5.92 Å². The Morgan fingerprint density at radius 1 is 1.50 bits per heavy atom. The summed E-state index contributed by atoms with van der Waals surface area (Å²) in [7, 11) is 1.58. The minimum atomic E-state index is -0.176. The number of nitrogens with one attached hydrogen (secondary N) is 1. The Hall–Kier alpha value is -1.40. The van der Waals surface area contributed by atoms with Gasteiger partial charge in [0.05, 0.1) is 18.4 Å². The smallest absolute Gasteiger partial charge is 0.258 e. The number of nitrogens with zero attached hydrogens (tertiary/aromatic N) is 1. The lowest BCUT2D eigenvalue weighted by Gasteiger charge is -2.15. The van der Waals surface area contributed by atoms with E-state index in [0.717, 1.165) is 23.0 Å². The molecule has 6 heteroatoms. The number of hydrogen-bond donors (Lipinski definition) is 1. The fraction of sp³-hybridized carbons (Fsp3) is 0.375. The Balaban J connectivity index is 1.80. The zero-order chi connectivity index (χ0) is 15.7. The number of rotatable bonds is 3. The van der Waals surface area contributed by atoms with E-state index in [1.807, 2.05) is 12.1 Å². The Kier molecular flexibility index (Phi) is 4.49. The first-order chi connectivity index (χ1) is 10.6. The Morgan fingerprint density at radius 2 is 2.32 bits per heavy atom. The summed E-state index contributed by atoms with van der Waals surface area (Å²) in [5.74, 6) is 1.18. The molecule has 1 aromatic heterocycles. The molecule has 1 heterocycles. The van der Waals surface area contributed by atoms with Crippen LogP contribution in [0.4, 0.5) is 5.13 Å². The Bertz CT molecular complexity index is 714. The minimum absolute atomic E-state index is 0.176. The molecule has 1 amide bonds. The van der Waals surface area contributed by atoms with Crippen LogP contribution in [0.25, 0.3) is 0 Å². The maximum absolute atomic E-state index is 12.5. The van der Waals surface area contributed by atoms with Gasteiger partial charge in [-0.15, -0.1) is 11.3 Å². The van der Waals surface area contributed by atoms with Gasteiger partial charge in [-0.25, -0.2) is 4.98 Å². The number of benzene rings is 1. The molecule has 2 aromatic rings. The zero-order valence-corrected chi connectivity index (χ0v) is 14.9. The maximum atomic E-state index is 12.5. The van der Waals surface area contributed by atoms with Crippen LogP contribution in [0.15, 0.2) is 22.7 Å². The average Bonchev–Trinajstić information content (AvgIpc) is 2.88. The maximum Gasteiger partial charge on any atom is 0.258 e. The van der Waals surface area contributed by atoms with E-state index >= 15 is 0 Å². The lowest BCUT2D eigenvalue weighted by atomic mass is 9.93. The number of hydrogen-bond acceptors (Lipinski definition) is 4. The molecule has 1 aliphatic carbocycles. The molecule has 1 aromatic carbocycles. The summed E-state index contributed by atoms with van der Waals surface area (Å²) in [5, 5.41) is 3.58. The molecule has 22 heavy (non-hydrogen) atoms. The van der Waals surface area contributed by atoms with Crippen LogP contribution in [0.1, 0.15) is 34.3 Å². The van der Waals surface area contributed by atoms with Gasteiger partial charge in [0.25, 0.3) is 5.91 Å². The number of anilines is 1. The number of ether oxygens (including phenoxy) is 1. The topological polar surface area (TPSA) is 51.2 Å². The molecular weight excluding hydrogens is 364 g/mol. The van der Waals surface area contributed by atoms with Gasteiger partial charge in [-0.3, -0.25) is 10.1 Å². The fourth-order valence-corrected chi connectivity index (χ4v) is 4.16. The van der Waals surface area contributed by atoms with Crippen LogP contribution in [0.5, 0.6) is 5.75 Å². The molecule has 0 saturated heterocycles. The van der Waals surface area contributed by atoms with Crippen molar-refractivity contribution in [3.05, 3.63) is 38.8 Å². The van der Waals surface area contributed by atoms with Crippen molar-refractivity contribution in [2.75, 3.05) is 12.4 Å². The van der Waals surface area contributed by atoms with Crippen molar-refractivity contribution >= 4 is 38.3 Å². The highest BCUT2D eigenvalue weighted by Crippen LogP contribution is 2.32. The first kappa shape index (κ1) is 15.5. The van der Waals surface area contributed by atoms with Crippen molar-refractivity contribution in [1.29, 1.82) is 0 Å². The number of thiazole rings is 1. The highest BCUT2D eigenvalue weighted by molar-refractivity contribution is 9.10. The molecule has 116 valence electrons. The van der Waals surface area contributed by atoms with Gasteiger partial charge in [-0.1, -0.05) is 6.92 Å². The molecule has 0 saturated carbocycles. The third kappa shape index (κ3) is 3.17. The molecule has 1 unspecified atom stereocenters. The molecular formula is C16H17BrN2O2S. The van der Waals surface area contributed by atoms with E-state index in [4.69, 9.17) is 4.74 Å². The number of carbonyl (C=O) groups excluding carboxylic acids is 1. The first-order valence-corrected chi connectivity index (χ1v) is 8.81. The van der Waals surface area contributed by atoms with Crippen molar-refractivity contribution in [1.82, 2.24) is 4.98 Å². The number of fused-ring (bicyclic) bond motifs is 1. The van der Waals surface area contributed by atoms with Gasteiger partial charge in [-0.2, -0.15) is 0 Å². The van der Waals surface area contributed by atoms with Gasteiger partial charge in [0.2, 0.25) is 0 Å². The molecule has 1 aliphatic rings. The summed E-state index contributed by atoms with van der Waals surface area (Å²) >= 11 is 4.99. The number of aromatic nitrogens is 1. The number of halogens is 1. The predicted octanol–water partition coefficient (Wildman–Crippen LogP) is 4.29. The number of carbonyl (C=O) groups is 1. The monoisotopic (exact) mass is 380 g/mol. The van der Waals surface area contributed by atoms with E-state index < -0.39 is 0 Å². The fourth-order valence-electron chi connectivity index (χ4n) is 2.56. The van der Waals surface area contributed by atoms with Gasteiger partial charge in [-0.05, 0) is 59.3 Å². The second-order valence-corrected chi connectivity index (χ2v) is 7.47. The molecule has 0 aliphatic heterocycles. The lowest BCUT2D eigenvalue weighted by Crippen LogP contribution is -2.12. The zero-order valence-electron chi connectivity index (χ0n) is 12.5. The van der Waals surface area contributed by atoms with Crippen molar-refractivity contribution in [3.63, 3.8) is 0 Å². The number of aryl methyl sites for hydroxylation is 1. The normalized spacial score (nSPS) is 17.0. The van der Waals surface area contributed by atoms with E-state index in [2.05, 4.69) is 33.2 Å². The summed E-state index contributed by atoms with van der Waals surface area (Å²) < 4.78 is 5.91. The minimum Gasteiger partial charge on any atom is -0.497 e. The average molecular weight is 381 g/mol. The highest BCUT2D eigenvalue weighted by Gasteiger charge is 2.21. The third-order valence-electron chi connectivity index (χ3n) is 3.82. The molecule has 0 fully saturated rings. The largest absolute Gasteiger partial charge is 0.497 e. The van der Waals surface area contributed by atoms with Gasteiger partial charge in [0.1, 0.15) is 5.75 Å². The van der Waals surface area contributed by atoms with E-state index in [0.29, 0.717) is 22.4 Å². The van der Waals surface area contributed by atoms with E-state index in [-0.39, 0.29) is 5.91 Å². The van der Waals surface area contributed by atoms with Crippen LogP contribution in [-0.2, 0) is 12.8 Å². The lowest BCUT2D eigenvalue weighted by molar-refractivity contribution is 0.102. The van der Waals surface area contributed by atoms with Crippen LogP contribution in [0, 0.1) is 5.92 Å². The van der Waals surface area contributed by atoms with Gasteiger partial charge in [0, 0.05) is 9.35 Å². The van der Waals surface area contributed by atoms with Crippen LogP contribution in [-0.4, -0.2) is 18.0 Å². The van der Waals surface area contributed by atoms with Gasteiger partial charge in [0.15, 0.2) is 5.13 Å². The van der Waals surface area contributed by atoms with Gasteiger partial charge < -0.3 is 4.74 Å². The molecule has 0 bridgehead atoms. The SMILES string of the molecule is COc1ccc(Br)c(C(=O)Nc2nc3c(s2)CC(C)CC3)c1.